The molecule has 0 aliphatic carbocycles. The summed E-state index contributed by atoms with van der Waals surface area (Å²) in [6.07, 6.45) is 2.25. The van der Waals surface area contributed by atoms with Gasteiger partial charge in [0.25, 0.3) is 0 Å². The summed E-state index contributed by atoms with van der Waals surface area (Å²) < 4.78 is 15.0. The molecular weight excluding hydrogens is 707 g/mol. The molecule has 0 radical (unpaired) electrons. The molecule has 0 fully saturated rings. The molecule has 3 aliphatic heterocycles. The molecule has 0 N–H and O–H groups in total. The highest BCUT2D eigenvalue weighted by atomic mass is 16.5. The lowest BCUT2D eigenvalue weighted by molar-refractivity contribution is -0.997. The molecule has 58 heavy (non-hydrogen) atoms. The zero-order chi connectivity index (χ0) is 38.9. The van der Waals surface area contributed by atoms with Crippen molar-refractivity contribution in [1.82, 2.24) is 4.57 Å². The number of hydrogen-bond acceptors (Lipinski definition) is 1. The number of aromatic nitrogens is 3. The normalized spacial score (nSPS) is 15.4. The highest BCUT2D eigenvalue weighted by molar-refractivity contribution is 5.99. The standard InChI is InChI=1S/C54H41N3O/c1-34-22-27-46(43(30-34)37-23-25-40(26-24-37)53(2,3)4)56-47-20-13-19-41-44-31-39(36-16-9-6-10-17-36)32-45-48-33-38(35-14-7-5-8-15-35)28-29-55(48)54(50(44)45)57(51(41)47)52(56)42-18-11-12-21-49(42)58-54/h5-33H,1-4H3/q+2. The molecule has 2 aromatic heterocycles. The van der Waals surface area contributed by atoms with Gasteiger partial charge in [-0.2, -0.15) is 4.57 Å². The molecular formula is C54H41N3O+2. The van der Waals surface area contributed by atoms with Crippen molar-refractivity contribution in [3.05, 3.63) is 193 Å². The van der Waals surface area contributed by atoms with E-state index in [4.69, 9.17) is 4.74 Å². The zero-order valence-electron chi connectivity index (χ0n) is 33.0. The van der Waals surface area contributed by atoms with Gasteiger partial charge in [-0.1, -0.05) is 136 Å². The van der Waals surface area contributed by atoms with Crippen LogP contribution in [0, 0.1) is 6.92 Å². The first kappa shape index (κ1) is 33.1. The van der Waals surface area contributed by atoms with Crippen molar-refractivity contribution in [3.63, 3.8) is 0 Å². The number of nitrogens with zero attached hydrogens (tertiary/aromatic N) is 3. The van der Waals surface area contributed by atoms with Crippen LogP contribution in [0.1, 0.15) is 37.5 Å². The minimum absolute atomic E-state index is 0.0648. The molecule has 4 nitrogen and oxygen atoms in total. The first-order chi connectivity index (χ1) is 28.3. The van der Waals surface area contributed by atoms with Gasteiger partial charge in [-0.15, -0.1) is 9.13 Å². The number of ether oxygens (including phenoxy) is 1. The summed E-state index contributed by atoms with van der Waals surface area (Å²) in [6, 6.07) is 62.4. The second-order valence-corrected chi connectivity index (χ2v) is 17.1. The smallest absolute Gasteiger partial charge is 0.392 e. The van der Waals surface area contributed by atoms with Crippen LogP contribution in [-0.2, 0) is 11.3 Å². The third kappa shape index (κ3) is 4.46. The molecule has 9 aromatic rings. The van der Waals surface area contributed by atoms with Gasteiger partial charge in [-0.05, 0) is 94.3 Å². The number of aryl methyl sites for hydroxylation is 1. The molecule has 3 aliphatic rings. The average Bonchev–Trinajstić information content (AvgIpc) is 3.75. The van der Waals surface area contributed by atoms with Crippen LogP contribution in [0.15, 0.2) is 176 Å². The summed E-state index contributed by atoms with van der Waals surface area (Å²) in [4.78, 5) is 0. The minimum atomic E-state index is -1.02. The molecule has 0 bridgehead atoms. The van der Waals surface area contributed by atoms with E-state index in [-0.39, 0.29) is 5.41 Å². The quantitative estimate of drug-likeness (QED) is 0.164. The van der Waals surface area contributed by atoms with Crippen LogP contribution in [0.5, 0.6) is 5.75 Å². The topological polar surface area (TPSA) is 21.9 Å². The largest absolute Gasteiger partial charge is 0.499 e. The Morgan fingerprint density at radius 3 is 1.98 bits per heavy atom. The number of pyridine rings is 1. The number of fused-ring (bicyclic) bond motifs is 5. The molecule has 4 heteroatoms. The Balaban J connectivity index is 1.23. The number of imidazole rings is 1. The van der Waals surface area contributed by atoms with Gasteiger partial charge in [-0.25, -0.2) is 0 Å². The van der Waals surface area contributed by atoms with Crippen molar-refractivity contribution in [3.8, 4) is 78.6 Å². The third-order valence-electron chi connectivity index (χ3n) is 12.6. The average molecular weight is 748 g/mol. The fraction of sp³-hybridized carbons (Fsp3) is 0.111. The van der Waals surface area contributed by atoms with Crippen LogP contribution in [-0.4, -0.2) is 4.57 Å². The number of hydrogen-bond donors (Lipinski definition) is 0. The number of rotatable bonds is 4. The van der Waals surface area contributed by atoms with Crippen molar-refractivity contribution in [2.45, 2.75) is 39.0 Å². The zero-order valence-corrected chi connectivity index (χ0v) is 33.0. The van der Waals surface area contributed by atoms with Gasteiger partial charge in [0.15, 0.2) is 17.2 Å². The number of benzene rings is 7. The van der Waals surface area contributed by atoms with Crippen molar-refractivity contribution in [2.75, 3.05) is 0 Å². The van der Waals surface area contributed by atoms with Gasteiger partial charge in [-0.3, -0.25) is 0 Å². The fourth-order valence-electron chi connectivity index (χ4n) is 9.86. The van der Waals surface area contributed by atoms with Gasteiger partial charge in [0.2, 0.25) is 5.69 Å². The summed E-state index contributed by atoms with van der Waals surface area (Å²) >= 11 is 0. The van der Waals surface area contributed by atoms with Crippen LogP contribution in [0.25, 0.3) is 83.9 Å². The van der Waals surface area contributed by atoms with Gasteiger partial charge < -0.3 is 4.74 Å². The van der Waals surface area contributed by atoms with E-state index >= 15 is 0 Å². The molecule has 1 atom stereocenters. The Morgan fingerprint density at radius 1 is 0.534 bits per heavy atom. The molecule has 0 saturated carbocycles. The van der Waals surface area contributed by atoms with Crippen molar-refractivity contribution < 1.29 is 13.9 Å². The maximum Gasteiger partial charge on any atom is 0.499 e. The van der Waals surface area contributed by atoms with E-state index in [9.17, 15) is 0 Å². The van der Waals surface area contributed by atoms with Crippen LogP contribution in [0.2, 0.25) is 0 Å². The van der Waals surface area contributed by atoms with E-state index in [0.29, 0.717) is 0 Å². The Morgan fingerprint density at radius 2 is 1.22 bits per heavy atom. The molecule has 1 spiro atoms. The van der Waals surface area contributed by atoms with E-state index in [1.807, 2.05) is 0 Å². The Hall–Kier alpha value is -7.04. The van der Waals surface area contributed by atoms with E-state index in [0.717, 1.165) is 45.1 Å². The first-order valence-electron chi connectivity index (χ1n) is 20.3. The van der Waals surface area contributed by atoms with Crippen molar-refractivity contribution in [1.29, 1.82) is 0 Å². The summed E-state index contributed by atoms with van der Waals surface area (Å²) in [5.74, 6) is 0.928. The number of para-hydroxylation sites is 2. The highest BCUT2D eigenvalue weighted by Gasteiger charge is 2.68. The predicted molar refractivity (Wildman–Crippen MR) is 233 cm³/mol. The molecule has 0 amide bonds. The molecule has 0 saturated heterocycles. The van der Waals surface area contributed by atoms with Crippen LogP contribution in [0.3, 0.4) is 0 Å². The summed E-state index contributed by atoms with van der Waals surface area (Å²) in [7, 11) is 0. The second-order valence-electron chi connectivity index (χ2n) is 17.1. The molecule has 5 heterocycles. The Labute approximate surface area is 338 Å². The Kier molecular flexibility index (Phi) is 6.71. The highest BCUT2D eigenvalue weighted by Crippen LogP contribution is 2.54. The fourth-order valence-corrected chi connectivity index (χ4v) is 9.86. The second kappa shape index (κ2) is 11.7. The molecule has 1 unspecified atom stereocenters. The molecule has 12 rings (SSSR count). The summed E-state index contributed by atoms with van der Waals surface area (Å²) in [6.45, 7) is 9.02. The maximum absolute atomic E-state index is 7.63. The minimum Gasteiger partial charge on any atom is -0.392 e. The van der Waals surface area contributed by atoms with Gasteiger partial charge in [0, 0.05) is 28.8 Å². The van der Waals surface area contributed by atoms with Gasteiger partial charge in [0.1, 0.15) is 22.6 Å². The van der Waals surface area contributed by atoms with Crippen LogP contribution >= 0.6 is 0 Å². The van der Waals surface area contributed by atoms with Gasteiger partial charge in [0.05, 0.1) is 5.56 Å². The summed E-state index contributed by atoms with van der Waals surface area (Å²) in [5, 5.41) is 0. The lowest BCUT2D eigenvalue weighted by Gasteiger charge is -2.32. The predicted octanol–water partition coefficient (Wildman–Crippen LogP) is 12.0. The molecule has 7 aromatic carbocycles. The lowest BCUT2D eigenvalue weighted by atomic mass is 9.85. The lowest BCUT2D eigenvalue weighted by Crippen LogP contribution is -2.78. The van der Waals surface area contributed by atoms with Crippen molar-refractivity contribution >= 4 is 11.0 Å². The van der Waals surface area contributed by atoms with E-state index in [2.05, 4.69) is 217 Å². The van der Waals surface area contributed by atoms with Crippen LogP contribution < -0.4 is 13.9 Å². The molecule has 276 valence electrons. The van der Waals surface area contributed by atoms with E-state index < -0.39 is 5.85 Å². The third-order valence-corrected chi connectivity index (χ3v) is 12.6. The Bertz CT molecular complexity index is 3170. The first-order valence-corrected chi connectivity index (χ1v) is 20.3. The SMILES string of the molecule is Cc1ccc(-n2c3[n+]4c5c(cccc52)-c2cc(-c5ccccc5)cc5c2C4(Oc2ccccc2-3)[n+]2ccc(-c3ccccc3)cc2-5)c(-c2ccc(C(C)(C)C)cc2)c1. The van der Waals surface area contributed by atoms with Crippen LogP contribution in [0.4, 0.5) is 0 Å². The maximum atomic E-state index is 7.63. The van der Waals surface area contributed by atoms with Crippen molar-refractivity contribution in [2.24, 2.45) is 0 Å². The van der Waals surface area contributed by atoms with Gasteiger partial charge >= 0.3 is 11.7 Å². The summed E-state index contributed by atoms with van der Waals surface area (Å²) in [5.41, 5.74) is 20.1. The van der Waals surface area contributed by atoms with E-state index in [1.54, 1.807) is 0 Å². The van der Waals surface area contributed by atoms with E-state index in [1.165, 1.54) is 61.2 Å². The monoisotopic (exact) mass is 747 g/mol.